The second kappa shape index (κ2) is 52.1. The van der Waals surface area contributed by atoms with Gasteiger partial charge in [-0.2, -0.15) is 0 Å². The summed E-state index contributed by atoms with van der Waals surface area (Å²) in [6.07, 6.45) is -1.75. The molecule has 0 aromatic carbocycles. The van der Waals surface area contributed by atoms with E-state index in [2.05, 4.69) is 6.58 Å². The van der Waals surface area contributed by atoms with Gasteiger partial charge in [-0.25, -0.2) is 4.79 Å². The molecule has 0 radical (unpaired) electrons. The van der Waals surface area contributed by atoms with E-state index in [1.807, 2.05) is 132 Å². The second-order valence-electron chi connectivity index (χ2n) is 23.4. The van der Waals surface area contributed by atoms with Crippen LogP contribution in [0.15, 0.2) is 12.7 Å². The Morgan fingerprint density at radius 2 is 0.341 bits per heavy atom. The molecule has 0 bridgehead atoms. The minimum atomic E-state index is -0.499. The predicted molar refractivity (Wildman–Crippen MR) is 326 cm³/mol. The number of esters is 1. The van der Waals surface area contributed by atoms with E-state index in [0.29, 0.717) is 119 Å². The van der Waals surface area contributed by atoms with Crippen molar-refractivity contribution in [3.63, 3.8) is 0 Å². The lowest BCUT2D eigenvalue weighted by molar-refractivity contribution is -0.143. The van der Waals surface area contributed by atoms with E-state index in [4.69, 9.17) is 94.7 Å². The van der Waals surface area contributed by atoms with Crippen LogP contribution in [0.3, 0.4) is 0 Å². The fourth-order valence-corrected chi connectivity index (χ4v) is 6.87. The van der Waals surface area contributed by atoms with Gasteiger partial charge in [-0.3, -0.25) is 0 Å². The molecule has 0 aromatic heterocycles. The Morgan fingerprint density at radius 3 is 0.447 bits per heavy atom. The van der Waals surface area contributed by atoms with Gasteiger partial charge in [0.05, 0.1) is 248 Å². The first-order valence-corrected chi connectivity index (χ1v) is 31.3. The molecule has 0 rings (SSSR count). The smallest absolute Gasteiger partial charge is 0.330 e. The molecule has 20 atom stereocenters. The monoisotopic (exact) mass is 1230 g/mol. The number of hydrogen-bond donors (Lipinski definition) is 1. The number of hydrogen-bond acceptors (Lipinski definition) is 22. The molecule has 1 N–H and O–H groups in total. The zero-order chi connectivity index (χ0) is 64.1. The third kappa shape index (κ3) is 52.9. The van der Waals surface area contributed by atoms with Gasteiger partial charge in [0.2, 0.25) is 0 Å². The van der Waals surface area contributed by atoms with Crippen LogP contribution in [0.25, 0.3) is 0 Å². The molecule has 0 saturated heterocycles. The van der Waals surface area contributed by atoms with Crippen molar-refractivity contribution in [3.05, 3.63) is 12.7 Å². The van der Waals surface area contributed by atoms with Crippen molar-refractivity contribution in [3.8, 4) is 0 Å². The molecule has 0 aromatic rings. The first-order chi connectivity index (χ1) is 40.1. The van der Waals surface area contributed by atoms with Crippen molar-refractivity contribution in [2.75, 3.05) is 132 Å². The molecular formula is C63H124O22. The van der Waals surface area contributed by atoms with Gasteiger partial charge >= 0.3 is 5.97 Å². The molecule has 0 aliphatic rings. The number of aliphatic hydroxyl groups is 1. The molecule has 0 spiro atoms. The summed E-state index contributed by atoms with van der Waals surface area (Å²) >= 11 is 0. The summed E-state index contributed by atoms with van der Waals surface area (Å²) in [6.45, 7) is 50.4. The fraction of sp³-hybridized carbons (Fsp3) is 0.952. The van der Waals surface area contributed by atoms with Gasteiger partial charge in [-0.15, -0.1) is 0 Å². The Hall–Kier alpha value is -1.59. The first kappa shape index (κ1) is 83.4. The van der Waals surface area contributed by atoms with Crippen LogP contribution in [0.2, 0.25) is 0 Å². The molecule has 0 saturated carbocycles. The van der Waals surface area contributed by atoms with E-state index in [1.54, 1.807) is 6.92 Å². The van der Waals surface area contributed by atoms with Crippen molar-refractivity contribution in [1.29, 1.82) is 0 Å². The molecule has 20 unspecified atom stereocenters. The Morgan fingerprint density at radius 1 is 0.235 bits per heavy atom. The highest BCUT2D eigenvalue weighted by molar-refractivity contribution is 5.81. The van der Waals surface area contributed by atoms with E-state index < -0.39 is 12.1 Å². The summed E-state index contributed by atoms with van der Waals surface area (Å²) in [5, 5.41) is 9.36. The first-order valence-electron chi connectivity index (χ1n) is 31.3. The molecule has 0 amide bonds. The van der Waals surface area contributed by atoms with Crippen molar-refractivity contribution in [2.45, 2.75) is 261 Å². The fourth-order valence-electron chi connectivity index (χ4n) is 6.87. The zero-order valence-electron chi connectivity index (χ0n) is 56.5. The predicted octanol–water partition coefficient (Wildman–Crippen LogP) is 7.79. The Kier molecular flexibility index (Phi) is 51.1. The molecule has 22 heteroatoms. The van der Waals surface area contributed by atoms with Crippen LogP contribution >= 0.6 is 0 Å². The van der Waals surface area contributed by atoms with Gasteiger partial charge in [-0.1, -0.05) is 6.58 Å². The standard InChI is InChI=1S/C63H124O22/c1-22-63(65)85-42-62(21)84-41-61(20)83-40-60(19)82-39-59(18)81-38-58(17)80-37-57(16)79-36-56(15)78-35-55(14)77-34-54(13)76-33-53(12)75-32-52(11)74-31-51(10)73-30-50(9)72-29-49(8)71-28-48(7)70-27-47(6)69-26-46(5)68-25-45(4)67-24-44(3)66-23-43(2)64/h22,43-62,64H,1,23-42H2,2-21H3. The van der Waals surface area contributed by atoms with Crippen LogP contribution in [-0.4, -0.2) is 265 Å². The van der Waals surface area contributed by atoms with Crippen LogP contribution in [0.4, 0.5) is 0 Å². The largest absolute Gasteiger partial charge is 0.460 e. The lowest BCUT2D eigenvalue weighted by atomic mass is 10.3. The van der Waals surface area contributed by atoms with Crippen molar-refractivity contribution in [1.82, 2.24) is 0 Å². The van der Waals surface area contributed by atoms with Gasteiger partial charge < -0.3 is 99.8 Å². The van der Waals surface area contributed by atoms with E-state index in [9.17, 15) is 9.90 Å². The summed E-state index contributed by atoms with van der Waals surface area (Å²) in [7, 11) is 0. The Balaban J connectivity index is 4.04. The average Bonchev–Trinajstić information content (AvgIpc) is 3.47. The molecule has 0 aliphatic carbocycles. The zero-order valence-corrected chi connectivity index (χ0v) is 56.5. The van der Waals surface area contributed by atoms with Crippen LogP contribution in [-0.2, 0) is 99.5 Å². The highest BCUT2D eigenvalue weighted by Gasteiger charge is 2.20. The van der Waals surface area contributed by atoms with Gasteiger partial charge in [0.15, 0.2) is 0 Å². The van der Waals surface area contributed by atoms with Crippen molar-refractivity contribution >= 4 is 5.97 Å². The Bertz CT molecular complexity index is 1540. The third-order valence-electron chi connectivity index (χ3n) is 12.3. The maximum atomic E-state index is 11.2. The lowest BCUT2D eigenvalue weighted by Gasteiger charge is -2.24. The topological polar surface area (TPSA) is 222 Å². The summed E-state index contributed by atoms with van der Waals surface area (Å²) in [5.41, 5.74) is 0. The van der Waals surface area contributed by atoms with E-state index in [-0.39, 0.29) is 129 Å². The van der Waals surface area contributed by atoms with E-state index in [1.165, 1.54) is 0 Å². The number of carbonyl (C=O) groups is 1. The van der Waals surface area contributed by atoms with Crippen LogP contribution in [0, 0.1) is 0 Å². The van der Waals surface area contributed by atoms with E-state index in [0.717, 1.165) is 6.08 Å². The maximum Gasteiger partial charge on any atom is 0.330 e. The quantitative estimate of drug-likeness (QED) is 0.0453. The summed E-state index contributed by atoms with van der Waals surface area (Å²) in [5.74, 6) is -0.473. The minimum absolute atomic E-state index is 0.0924. The number of aliphatic hydroxyl groups excluding tert-OH is 1. The van der Waals surface area contributed by atoms with Crippen LogP contribution < -0.4 is 0 Å². The second-order valence-corrected chi connectivity index (χ2v) is 23.4. The van der Waals surface area contributed by atoms with Crippen LogP contribution in [0.1, 0.15) is 138 Å². The van der Waals surface area contributed by atoms with E-state index >= 15 is 0 Å². The lowest BCUT2D eigenvalue weighted by Crippen LogP contribution is -2.31. The van der Waals surface area contributed by atoms with Gasteiger partial charge in [-0.05, 0) is 138 Å². The summed E-state index contributed by atoms with van der Waals surface area (Å²) in [4.78, 5) is 11.2. The molecular weight excluding hydrogens is 1110 g/mol. The SMILES string of the molecule is C=CC(=O)OCC(C)OCC(C)OCC(C)OCC(C)OCC(C)OCC(C)OCC(C)OCC(C)OCC(C)OCC(C)OCC(C)OCC(C)OCC(C)OCC(C)OCC(C)OCC(C)OCC(C)OCC(C)OCC(C)OCC(C)O. The normalized spacial score (nSPS) is 19.4. The number of ether oxygens (including phenoxy) is 20. The van der Waals surface area contributed by atoms with Gasteiger partial charge in [0, 0.05) is 6.08 Å². The molecule has 0 fully saturated rings. The van der Waals surface area contributed by atoms with Crippen LogP contribution in [0.5, 0.6) is 0 Å². The summed E-state index contributed by atoms with van der Waals surface area (Å²) < 4.78 is 118. The maximum absolute atomic E-state index is 11.2. The molecule has 0 aliphatic heterocycles. The summed E-state index contributed by atoms with van der Waals surface area (Å²) in [6, 6.07) is 0. The molecule has 22 nitrogen and oxygen atoms in total. The number of rotatable bonds is 60. The molecule has 508 valence electrons. The average molecular weight is 1230 g/mol. The highest BCUT2D eigenvalue weighted by atomic mass is 16.6. The Labute approximate surface area is 514 Å². The van der Waals surface area contributed by atoms with Crippen molar-refractivity contribution < 1.29 is 105 Å². The highest BCUT2D eigenvalue weighted by Crippen LogP contribution is 2.10. The minimum Gasteiger partial charge on any atom is -0.460 e. The molecule has 85 heavy (non-hydrogen) atoms. The number of carbonyl (C=O) groups excluding carboxylic acids is 1. The molecule has 0 heterocycles. The third-order valence-corrected chi connectivity index (χ3v) is 12.3. The van der Waals surface area contributed by atoms with Gasteiger partial charge in [0.1, 0.15) is 6.61 Å². The van der Waals surface area contributed by atoms with Crippen molar-refractivity contribution in [2.24, 2.45) is 0 Å². The van der Waals surface area contributed by atoms with Gasteiger partial charge in [0.25, 0.3) is 0 Å².